The molecule has 13 nitrogen and oxygen atoms in total. The summed E-state index contributed by atoms with van der Waals surface area (Å²) in [6.45, 7) is 8.67. The molecule has 13 heteroatoms. The summed E-state index contributed by atoms with van der Waals surface area (Å²) in [7, 11) is 0. The maximum absolute atomic E-state index is 12.5. The molecule has 0 aromatic rings. The summed E-state index contributed by atoms with van der Waals surface area (Å²) in [5.74, 6) is -4.45. The zero-order valence-corrected chi connectivity index (χ0v) is 19.3. The summed E-state index contributed by atoms with van der Waals surface area (Å²) in [6.07, 6.45) is 0. The largest absolute Gasteiger partial charge is 0.480 e. The average Bonchev–Trinajstić information content (AvgIpc) is 2.68. The zero-order chi connectivity index (χ0) is 25.2. The van der Waals surface area contributed by atoms with Crippen molar-refractivity contribution in [1.82, 2.24) is 26.6 Å². The van der Waals surface area contributed by atoms with Crippen LogP contribution in [0.2, 0.25) is 0 Å². The smallest absolute Gasteiger partial charge is 0.325 e. The molecule has 5 atom stereocenters. The van der Waals surface area contributed by atoms with Gasteiger partial charge in [-0.15, -0.1) is 0 Å². The molecule has 5 amide bonds. The summed E-state index contributed by atoms with van der Waals surface area (Å²) < 4.78 is 0. The number of carbonyl (C=O) groups excluding carboxylic acids is 5. The summed E-state index contributed by atoms with van der Waals surface area (Å²) in [4.78, 5) is 71.1. The van der Waals surface area contributed by atoms with E-state index in [1.807, 2.05) is 0 Å². The Morgan fingerprint density at radius 2 is 1.19 bits per heavy atom. The summed E-state index contributed by atoms with van der Waals surface area (Å²) in [5, 5.41) is 20.7. The molecule has 0 fully saturated rings. The van der Waals surface area contributed by atoms with Gasteiger partial charge in [0.15, 0.2) is 6.04 Å². The molecule has 9 N–H and O–H groups in total. The fourth-order valence-corrected chi connectivity index (χ4v) is 2.28. The molecule has 182 valence electrons. The molecule has 0 radical (unpaired) electrons. The predicted octanol–water partition coefficient (Wildman–Crippen LogP) is -3.53. The Kier molecular flexibility index (Phi) is 11.9. The Morgan fingerprint density at radius 1 is 0.688 bits per heavy atom. The van der Waals surface area contributed by atoms with Crippen molar-refractivity contribution in [2.75, 3.05) is 6.54 Å². The molecule has 0 saturated carbocycles. The molecule has 0 aliphatic heterocycles. The fraction of sp³-hybridized carbons (Fsp3) is 0.684. The minimum atomic E-state index is -1.22. The molecule has 0 heterocycles. The maximum atomic E-state index is 12.5. The highest BCUT2D eigenvalue weighted by Crippen LogP contribution is 2.03. The third-order valence-electron chi connectivity index (χ3n) is 4.37. The van der Waals surface area contributed by atoms with E-state index in [1.165, 1.54) is 20.8 Å². The van der Waals surface area contributed by atoms with E-state index in [0.29, 0.717) is 0 Å². The Bertz CT molecular complexity index is 725. The van der Waals surface area contributed by atoms with Gasteiger partial charge in [0.1, 0.15) is 24.2 Å². The van der Waals surface area contributed by atoms with Crippen molar-refractivity contribution in [2.45, 2.75) is 71.8 Å². The topological polar surface area (TPSA) is 210 Å². The maximum Gasteiger partial charge on any atom is 0.325 e. The van der Waals surface area contributed by atoms with E-state index < -0.39 is 72.3 Å². The lowest BCUT2D eigenvalue weighted by molar-refractivity contribution is -0.398. The average molecular weight is 460 g/mol. The van der Waals surface area contributed by atoms with E-state index in [1.54, 1.807) is 20.8 Å². The van der Waals surface area contributed by atoms with Gasteiger partial charge in [-0.1, -0.05) is 13.8 Å². The van der Waals surface area contributed by atoms with Crippen LogP contribution in [0.1, 0.15) is 41.5 Å². The summed E-state index contributed by atoms with van der Waals surface area (Å²) >= 11 is 0. The van der Waals surface area contributed by atoms with Crippen molar-refractivity contribution in [3.63, 3.8) is 0 Å². The van der Waals surface area contributed by atoms with Gasteiger partial charge in [0, 0.05) is 0 Å². The molecule has 32 heavy (non-hydrogen) atoms. The number of carbonyl (C=O) groups is 6. The SMILES string of the molecule is CC(C)[C@H](NC(=O)[C@H](C)[NH3+])C(=O)N[C@@H](C)C(=O)N[C@@H](C)C(=O)NCC(=O)N[C@@H](C)C(=O)O. The van der Waals surface area contributed by atoms with Crippen LogP contribution in [-0.2, 0) is 28.8 Å². The number of nitrogens with one attached hydrogen (secondary N) is 5. The van der Waals surface area contributed by atoms with E-state index in [2.05, 4.69) is 32.3 Å². The van der Waals surface area contributed by atoms with Gasteiger partial charge in [-0.25, -0.2) is 0 Å². The van der Waals surface area contributed by atoms with E-state index in [4.69, 9.17) is 5.11 Å². The quantitative estimate of drug-likeness (QED) is 0.156. The number of amides is 5. The van der Waals surface area contributed by atoms with Gasteiger partial charge < -0.3 is 37.4 Å². The van der Waals surface area contributed by atoms with Crippen molar-refractivity contribution < 1.29 is 39.6 Å². The van der Waals surface area contributed by atoms with Crippen LogP contribution in [-0.4, -0.2) is 77.4 Å². The molecule has 0 aliphatic carbocycles. The van der Waals surface area contributed by atoms with E-state index in [0.717, 1.165) is 0 Å². The van der Waals surface area contributed by atoms with Gasteiger partial charge in [-0.05, 0) is 33.6 Å². The number of hydrogen-bond acceptors (Lipinski definition) is 6. The summed E-state index contributed by atoms with van der Waals surface area (Å²) in [5.41, 5.74) is 3.60. The number of quaternary nitrogens is 1. The lowest BCUT2D eigenvalue weighted by atomic mass is 10.0. The minimum absolute atomic E-state index is 0.243. The Hall–Kier alpha value is -3.22. The number of carboxylic acid groups (broad SMARTS) is 1. The first-order valence-electron chi connectivity index (χ1n) is 10.2. The van der Waals surface area contributed by atoms with Gasteiger partial charge in [0.05, 0.1) is 6.54 Å². The molecule has 0 aliphatic rings. The number of rotatable bonds is 12. The zero-order valence-electron chi connectivity index (χ0n) is 19.3. The normalized spacial score (nSPS) is 15.4. The second-order valence-electron chi connectivity index (χ2n) is 7.94. The second-order valence-corrected chi connectivity index (χ2v) is 7.94. The van der Waals surface area contributed by atoms with Crippen LogP contribution in [0.4, 0.5) is 0 Å². The molecule has 0 spiro atoms. The lowest BCUT2D eigenvalue weighted by Gasteiger charge is -2.24. The highest BCUT2D eigenvalue weighted by Gasteiger charge is 2.29. The molecule has 0 saturated heterocycles. The molecular formula is C19H35N6O7+. The van der Waals surface area contributed by atoms with Gasteiger partial charge >= 0.3 is 5.97 Å². The van der Waals surface area contributed by atoms with Crippen LogP contribution in [0.5, 0.6) is 0 Å². The number of aliphatic carboxylic acids is 1. The van der Waals surface area contributed by atoms with Crippen molar-refractivity contribution in [2.24, 2.45) is 5.92 Å². The van der Waals surface area contributed by atoms with Gasteiger partial charge in [-0.2, -0.15) is 0 Å². The van der Waals surface area contributed by atoms with Crippen LogP contribution < -0.4 is 32.3 Å². The Morgan fingerprint density at radius 3 is 1.66 bits per heavy atom. The van der Waals surface area contributed by atoms with Crippen molar-refractivity contribution >= 4 is 35.5 Å². The first kappa shape index (κ1) is 28.8. The number of hydrogen-bond donors (Lipinski definition) is 7. The monoisotopic (exact) mass is 459 g/mol. The summed E-state index contributed by atoms with van der Waals surface area (Å²) in [6, 6.07) is -4.57. The van der Waals surface area contributed by atoms with Gasteiger partial charge in [-0.3, -0.25) is 28.8 Å². The van der Waals surface area contributed by atoms with E-state index in [-0.39, 0.29) is 5.92 Å². The molecule has 0 unspecified atom stereocenters. The Labute approximate surface area is 186 Å². The highest BCUT2D eigenvalue weighted by atomic mass is 16.4. The standard InChI is InChI=1S/C19H34N6O7/c1-8(2)14(25-15(27)9(3)20)18(30)24-11(5)17(29)23-10(4)16(28)21-7-13(26)22-12(6)19(31)32/h8-12,14H,7,20H2,1-6H3,(H,21,28)(H,22,26)(H,23,29)(H,24,30)(H,25,27)(H,31,32)/p+1/t9-,10-,11-,12-,14-/m0/s1. The van der Waals surface area contributed by atoms with E-state index in [9.17, 15) is 28.8 Å². The van der Waals surface area contributed by atoms with Crippen LogP contribution in [0, 0.1) is 5.92 Å². The third kappa shape index (κ3) is 10.2. The molecule has 0 aromatic heterocycles. The molecule has 0 bridgehead atoms. The van der Waals surface area contributed by atoms with Crippen LogP contribution in [0.3, 0.4) is 0 Å². The third-order valence-corrected chi connectivity index (χ3v) is 4.37. The van der Waals surface area contributed by atoms with Crippen LogP contribution >= 0.6 is 0 Å². The van der Waals surface area contributed by atoms with Gasteiger partial charge in [0.2, 0.25) is 23.6 Å². The van der Waals surface area contributed by atoms with Gasteiger partial charge in [0.25, 0.3) is 5.91 Å². The van der Waals surface area contributed by atoms with Crippen LogP contribution in [0.15, 0.2) is 0 Å². The fourth-order valence-electron chi connectivity index (χ4n) is 2.28. The Balaban J connectivity index is 4.70. The van der Waals surface area contributed by atoms with Crippen molar-refractivity contribution in [1.29, 1.82) is 0 Å². The molecule has 0 rings (SSSR count). The van der Waals surface area contributed by atoms with Crippen molar-refractivity contribution in [3.05, 3.63) is 0 Å². The first-order valence-corrected chi connectivity index (χ1v) is 10.2. The number of carboxylic acids is 1. The van der Waals surface area contributed by atoms with E-state index >= 15 is 0 Å². The van der Waals surface area contributed by atoms with Crippen LogP contribution in [0.25, 0.3) is 0 Å². The second kappa shape index (κ2) is 13.2. The predicted molar refractivity (Wildman–Crippen MR) is 113 cm³/mol. The van der Waals surface area contributed by atoms with Crippen molar-refractivity contribution in [3.8, 4) is 0 Å². The molecule has 0 aromatic carbocycles. The molecular weight excluding hydrogens is 424 g/mol. The minimum Gasteiger partial charge on any atom is -0.480 e. The highest BCUT2D eigenvalue weighted by molar-refractivity contribution is 5.95. The first-order chi connectivity index (χ1) is 14.7. The lowest BCUT2D eigenvalue weighted by Crippen LogP contribution is -2.68.